The number of fused-ring (bicyclic) bond motifs is 2. The maximum Gasteiger partial charge on any atom is 0.310 e. The van der Waals surface area contributed by atoms with Gasteiger partial charge >= 0.3 is 11.9 Å². The highest BCUT2D eigenvalue weighted by atomic mass is 16.5. The Kier molecular flexibility index (Phi) is 8.85. The van der Waals surface area contributed by atoms with Crippen LogP contribution in [0.3, 0.4) is 0 Å². The van der Waals surface area contributed by atoms with E-state index in [0.29, 0.717) is 25.0 Å². The second kappa shape index (κ2) is 10.9. The largest absolute Gasteiger partial charge is 0.465 e. The molecule has 154 valence electrons. The number of hydrogen-bond donors (Lipinski definition) is 0. The predicted octanol–water partition coefficient (Wildman–Crippen LogP) is 5.16. The lowest BCUT2D eigenvalue weighted by Crippen LogP contribution is -2.36. The molecule has 0 amide bonds. The normalized spacial score (nSPS) is 28.1. The molecule has 0 aromatic heterocycles. The lowest BCUT2D eigenvalue weighted by atomic mass is 9.83. The smallest absolute Gasteiger partial charge is 0.310 e. The first kappa shape index (κ1) is 22.0. The number of unbranched alkanes of at least 4 members (excludes halogenated alkanes) is 2. The monoisotopic (exact) mass is 378 g/mol. The Morgan fingerprint density at radius 3 is 1.63 bits per heavy atom. The van der Waals surface area contributed by atoms with Crippen LogP contribution in [0.25, 0.3) is 0 Å². The molecule has 2 aliphatic carbocycles. The summed E-state index contributed by atoms with van der Waals surface area (Å²) in [5, 5.41) is 0. The van der Waals surface area contributed by atoms with Crippen LogP contribution < -0.4 is 0 Å². The van der Waals surface area contributed by atoms with E-state index < -0.39 is 0 Å². The van der Waals surface area contributed by atoms with Gasteiger partial charge in [0.25, 0.3) is 0 Å². The molecule has 2 aliphatic rings. The fraction of sp³-hybridized carbons (Fsp3) is 0.826. The van der Waals surface area contributed by atoms with Crippen molar-refractivity contribution in [2.45, 2.75) is 72.6 Å². The molecule has 4 nitrogen and oxygen atoms in total. The van der Waals surface area contributed by atoms with Crippen LogP contribution in [-0.4, -0.2) is 25.2 Å². The predicted molar refractivity (Wildman–Crippen MR) is 107 cm³/mol. The van der Waals surface area contributed by atoms with Crippen LogP contribution in [0.5, 0.6) is 0 Å². The first-order chi connectivity index (χ1) is 13.0. The number of esters is 2. The molecule has 4 heteroatoms. The fourth-order valence-electron chi connectivity index (χ4n) is 4.38. The highest BCUT2D eigenvalue weighted by molar-refractivity contribution is 5.84. The van der Waals surface area contributed by atoms with Gasteiger partial charge < -0.3 is 9.47 Å². The van der Waals surface area contributed by atoms with Gasteiger partial charge in [0.15, 0.2) is 0 Å². The van der Waals surface area contributed by atoms with Gasteiger partial charge in [-0.15, -0.1) is 0 Å². The first-order valence-electron chi connectivity index (χ1n) is 11.0. The van der Waals surface area contributed by atoms with Gasteiger partial charge in [-0.1, -0.05) is 65.5 Å². The van der Waals surface area contributed by atoms with E-state index in [1.54, 1.807) is 0 Å². The molecule has 0 radical (unpaired) electrons. The van der Waals surface area contributed by atoms with Gasteiger partial charge in [-0.05, 0) is 42.9 Å². The molecule has 0 spiro atoms. The van der Waals surface area contributed by atoms with Gasteiger partial charge in [0, 0.05) is 0 Å². The number of hydrogen-bond acceptors (Lipinski definition) is 4. The van der Waals surface area contributed by atoms with Crippen molar-refractivity contribution in [2.75, 3.05) is 13.2 Å². The van der Waals surface area contributed by atoms with E-state index in [1.807, 2.05) is 0 Å². The maximum atomic E-state index is 12.7. The van der Waals surface area contributed by atoms with Crippen molar-refractivity contribution in [2.24, 2.45) is 35.5 Å². The number of carbonyl (C=O) groups is 2. The lowest BCUT2D eigenvalue weighted by Gasteiger charge is -2.26. The van der Waals surface area contributed by atoms with Crippen molar-refractivity contribution in [1.29, 1.82) is 0 Å². The summed E-state index contributed by atoms with van der Waals surface area (Å²) in [6, 6.07) is 0. The second-order valence-corrected chi connectivity index (χ2v) is 8.75. The Bertz CT molecular complexity index is 469. The molecule has 0 aromatic rings. The molecule has 0 heterocycles. The minimum Gasteiger partial charge on any atom is -0.465 e. The zero-order valence-corrected chi connectivity index (χ0v) is 17.6. The van der Waals surface area contributed by atoms with Crippen LogP contribution in [0.4, 0.5) is 0 Å². The summed E-state index contributed by atoms with van der Waals surface area (Å²) < 4.78 is 11.2. The Morgan fingerprint density at radius 1 is 0.852 bits per heavy atom. The lowest BCUT2D eigenvalue weighted by molar-refractivity contribution is -0.162. The van der Waals surface area contributed by atoms with E-state index in [9.17, 15) is 9.59 Å². The zero-order valence-electron chi connectivity index (χ0n) is 17.6. The minimum atomic E-state index is -0.364. The van der Waals surface area contributed by atoms with E-state index in [2.05, 4.69) is 39.8 Å². The quantitative estimate of drug-likeness (QED) is 0.347. The standard InChI is InChI=1S/C23H38O4/c1-5-7-9-16(3)14-26-22(24)20-18-11-12-19(13-18)21(20)23(25)27-15-17(4)10-8-6-2/h11-12,16-21H,5-10,13-15H2,1-4H3. The zero-order chi connectivity index (χ0) is 19.8. The summed E-state index contributed by atoms with van der Waals surface area (Å²) in [5.74, 6) is -0.159. The third-order valence-electron chi connectivity index (χ3n) is 6.12. The summed E-state index contributed by atoms with van der Waals surface area (Å²) in [6.45, 7) is 9.47. The summed E-state index contributed by atoms with van der Waals surface area (Å²) in [7, 11) is 0. The molecular weight excluding hydrogens is 340 g/mol. The number of allylic oxidation sites excluding steroid dienone is 2. The van der Waals surface area contributed by atoms with Crippen molar-refractivity contribution in [3.05, 3.63) is 12.2 Å². The fourth-order valence-corrected chi connectivity index (χ4v) is 4.38. The van der Waals surface area contributed by atoms with Crippen molar-refractivity contribution >= 4 is 11.9 Å². The maximum absolute atomic E-state index is 12.7. The first-order valence-corrected chi connectivity index (χ1v) is 11.0. The molecular formula is C23H38O4. The molecule has 6 atom stereocenters. The summed E-state index contributed by atoms with van der Waals surface area (Å²) in [5.41, 5.74) is 0. The van der Waals surface area contributed by atoms with Gasteiger partial charge in [-0.25, -0.2) is 0 Å². The molecule has 6 unspecified atom stereocenters. The van der Waals surface area contributed by atoms with E-state index >= 15 is 0 Å². The number of rotatable bonds is 12. The Balaban J connectivity index is 1.87. The Hall–Kier alpha value is -1.32. The van der Waals surface area contributed by atoms with Crippen LogP contribution in [-0.2, 0) is 19.1 Å². The average Bonchev–Trinajstić information content (AvgIpc) is 3.28. The van der Waals surface area contributed by atoms with Crippen LogP contribution in [0.15, 0.2) is 12.2 Å². The minimum absolute atomic E-state index is 0.128. The van der Waals surface area contributed by atoms with Gasteiger partial charge in [0.1, 0.15) is 0 Å². The summed E-state index contributed by atoms with van der Waals surface area (Å²) in [6.07, 6.45) is 11.8. The molecule has 27 heavy (non-hydrogen) atoms. The third-order valence-corrected chi connectivity index (χ3v) is 6.12. The highest BCUT2D eigenvalue weighted by Crippen LogP contribution is 2.49. The van der Waals surface area contributed by atoms with Crippen LogP contribution in [0, 0.1) is 35.5 Å². The Morgan fingerprint density at radius 2 is 1.26 bits per heavy atom. The van der Waals surface area contributed by atoms with Crippen LogP contribution in [0.1, 0.15) is 72.6 Å². The van der Waals surface area contributed by atoms with Crippen molar-refractivity contribution < 1.29 is 19.1 Å². The van der Waals surface area contributed by atoms with E-state index in [-0.39, 0.29) is 35.6 Å². The molecule has 2 bridgehead atoms. The molecule has 1 fully saturated rings. The van der Waals surface area contributed by atoms with Gasteiger partial charge in [0.05, 0.1) is 25.0 Å². The van der Waals surface area contributed by atoms with Gasteiger partial charge in [-0.3, -0.25) is 9.59 Å². The van der Waals surface area contributed by atoms with E-state index in [0.717, 1.165) is 44.9 Å². The van der Waals surface area contributed by atoms with Crippen LogP contribution >= 0.6 is 0 Å². The summed E-state index contributed by atoms with van der Waals surface area (Å²) >= 11 is 0. The van der Waals surface area contributed by atoms with E-state index in [4.69, 9.17) is 9.47 Å². The summed E-state index contributed by atoms with van der Waals surface area (Å²) in [4.78, 5) is 25.5. The molecule has 0 aliphatic heterocycles. The van der Waals surface area contributed by atoms with Crippen LogP contribution in [0.2, 0.25) is 0 Å². The third kappa shape index (κ3) is 6.08. The topological polar surface area (TPSA) is 52.6 Å². The van der Waals surface area contributed by atoms with Gasteiger partial charge in [-0.2, -0.15) is 0 Å². The van der Waals surface area contributed by atoms with Gasteiger partial charge in [0.2, 0.25) is 0 Å². The van der Waals surface area contributed by atoms with Crippen molar-refractivity contribution in [3.63, 3.8) is 0 Å². The SMILES string of the molecule is CCCCC(C)COC(=O)C1C2C=CC(C2)C1C(=O)OCC(C)CCCC. The molecule has 0 aromatic carbocycles. The molecule has 0 saturated heterocycles. The molecule has 1 saturated carbocycles. The molecule has 2 rings (SSSR count). The number of carbonyl (C=O) groups excluding carboxylic acids is 2. The highest BCUT2D eigenvalue weighted by Gasteiger charge is 2.53. The average molecular weight is 379 g/mol. The van der Waals surface area contributed by atoms with Crippen molar-refractivity contribution in [3.8, 4) is 0 Å². The van der Waals surface area contributed by atoms with E-state index in [1.165, 1.54) is 0 Å². The number of ether oxygens (including phenoxy) is 2. The van der Waals surface area contributed by atoms with Crippen molar-refractivity contribution in [1.82, 2.24) is 0 Å². The second-order valence-electron chi connectivity index (χ2n) is 8.75. The Labute approximate surface area is 165 Å². The molecule has 0 N–H and O–H groups in total.